The van der Waals surface area contributed by atoms with E-state index in [-0.39, 0.29) is 12.4 Å². The van der Waals surface area contributed by atoms with Crippen molar-refractivity contribution in [2.45, 2.75) is 6.42 Å². The molecule has 0 unspecified atom stereocenters. The predicted octanol–water partition coefficient (Wildman–Crippen LogP) is 0.402. The molecular formula is C3H8ClN. The number of rotatable bonds is 0. The number of hydrogen-bond acceptors (Lipinski definition) is 1. The Balaban J connectivity index is 0.000000160. The van der Waals surface area contributed by atoms with E-state index in [2.05, 4.69) is 5.32 Å². The standard InChI is InChI=1S/C3H7N.ClH/c1-2-4-3-1;/h4H,1-3H2;1H. The molecular weight excluding hydrogens is 85.5 g/mol. The molecule has 32 valence electrons. The lowest BCUT2D eigenvalue weighted by Gasteiger charge is -2.09. The summed E-state index contributed by atoms with van der Waals surface area (Å²) < 4.78 is 0. The minimum absolute atomic E-state index is 0. The van der Waals surface area contributed by atoms with E-state index in [1.165, 1.54) is 19.5 Å². The van der Waals surface area contributed by atoms with Crippen LogP contribution < -0.4 is 5.32 Å². The van der Waals surface area contributed by atoms with Gasteiger partial charge in [0.2, 0.25) is 0 Å². The highest BCUT2D eigenvalue weighted by atomic mass is 35.5. The van der Waals surface area contributed by atoms with Crippen LogP contribution in [-0.4, -0.2) is 13.1 Å². The largest absolute Gasteiger partial charge is 0.317 e. The molecule has 1 rings (SSSR count). The summed E-state index contributed by atoms with van der Waals surface area (Å²) in [5, 5.41) is 3.11. The first-order valence-corrected chi connectivity index (χ1v) is 1.71. The third-order valence-electron chi connectivity index (χ3n) is 0.707. The molecule has 0 atom stereocenters. The first-order chi connectivity index (χ1) is 2.00. The lowest BCUT2D eigenvalue weighted by Crippen LogP contribution is -2.29. The van der Waals surface area contributed by atoms with Crippen molar-refractivity contribution in [3.8, 4) is 0 Å². The second kappa shape index (κ2) is 2.49. The van der Waals surface area contributed by atoms with E-state index in [0.717, 1.165) is 0 Å². The van der Waals surface area contributed by atoms with Crippen LogP contribution in [-0.2, 0) is 0 Å². The number of hydrogen-bond donors (Lipinski definition) is 1. The van der Waals surface area contributed by atoms with Gasteiger partial charge >= 0.3 is 0 Å². The van der Waals surface area contributed by atoms with Gasteiger partial charge in [0.05, 0.1) is 0 Å². The Bertz CT molecular complexity index is 14.9. The highest BCUT2D eigenvalue weighted by molar-refractivity contribution is 5.85. The SMILES string of the molecule is C1CNC1.Cl. The molecule has 0 aromatic heterocycles. The van der Waals surface area contributed by atoms with Crippen LogP contribution in [0.15, 0.2) is 0 Å². The van der Waals surface area contributed by atoms with Gasteiger partial charge in [0.1, 0.15) is 0 Å². The van der Waals surface area contributed by atoms with E-state index in [1.54, 1.807) is 0 Å². The molecule has 0 spiro atoms. The molecule has 0 saturated carbocycles. The molecule has 0 aliphatic carbocycles. The molecule has 0 aromatic carbocycles. The molecule has 0 amide bonds. The summed E-state index contributed by atoms with van der Waals surface area (Å²) in [7, 11) is 0. The van der Waals surface area contributed by atoms with Gasteiger partial charge < -0.3 is 5.32 Å². The maximum atomic E-state index is 3.11. The smallest absolute Gasteiger partial charge is 0.00368 e. The zero-order chi connectivity index (χ0) is 2.83. The van der Waals surface area contributed by atoms with Crippen LogP contribution >= 0.6 is 12.4 Å². The average molecular weight is 93.6 g/mol. The Morgan fingerprint density at radius 3 is 1.40 bits per heavy atom. The Morgan fingerprint density at radius 1 is 1.20 bits per heavy atom. The van der Waals surface area contributed by atoms with Crippen molar-refractivity contribution in [3.05, 3.63) is 0 Å². The van der Waals surface area contributed by atoms with Gasteiger partial charge in [-0.1, -0.05) is 0 Å². The fourth-order valence-corrected chi connectivity index (χ4v) is 0.177. The van der Waals surface area contributed by atoms with Crippen molar-refractivity contribution in [2.75, 3.05) is 13.1 Å². The zero-order valence-electron chi connectivity index (χ0n) is 3.03. The lowest BCUT2D eigenvalue weighted by molar-refractivity contribution is 0.527. The van der Waals surface area contributed by atoms with Crippen LogP contribution in [0.25, 0.3) is 0 Å². The molecule has 5 heavy (non-hydrogen) atoms. The number of nitrogens with one attached hydrogen (secondary N) is 1. The molecule has 1 N–H and O–H groups in total. The van der Waals surface area contributed by atoms with Crippen LogP contribution in [0.4, 0.5) is 0 Å². The first kappa shape index (κ1) is 5.25. The van der Waals surface area contributed by atoms with Crippen molar-refractivity contribution >= 4 is 12.4 Å². The van der Waals surface area contributed by atoms with Gasteiger partial charge in [-0.25, -0.2) is 0 Å². The number of halogens is 1. The van der Waals surface area contributed by atoms with E-state index in [4.69, 9.17) is 0 Å². The Morgan fingerprint density at radius 2 is 1.40 bits per heavy atom. The fraction of sp³-hybridized carbons (Fsp3) is 1.00. The normalized spacial score (nSPS) is 19.2. The highest BCUT2D eigenvalue weighted by Gasteiger charge is 1.92. The molecule has 1 saturated heterocycles. The van der Waals surface area contributed by atoms with Crippen molar-refractivity contribution < 1.29 is 0 Å². The summed E-state index contributed by atoms with van der Waals surface area (Å²) in [6, 6.07) is 0. The van der Waals surface area contributed by atoms with E-state index in [9.17, 15) is 0 Å². The van der Waals surface area contributed by atoms with Crippen LogP contribution in [0.5, 0.6) is 0 Å². The lowest BCUT2D eigenvalue weighted by atomic mass is 10.3. The van der Waals surface area contributed by atoms with Crippen molar-refractivity contribution in [3.63, 3.8) is 0 Å². The molecule has 0 bridgehead atoms. The third kappa shape index (κ3) is 1.19. The molecule has 1 aliphatic heterocycles. The van der Waals surface area contributed by atoms with Crippen molar-refractivity contribution in [2.24, 2.45) is 0 Å². The van der Waals surface area contributed by atoms with Crippen LogP contribution in [0.2, 0.25) is 0 Å². The van der Waals surface area contributed by atoms with Gasteiger partial charge in [-0.2, -0.15) is 0 Å². The molecule has 1 aliphatic rings. The maximum Gasteiger partial charge on any atom is -0.00368 e. The van der Waals surface area contributed by atoms with Gasteiger partial charge in [-0.15, -0.1) is 12.4 Å². The summed E-state index contributed by atoms with van der Waals surface area (Å²) in [6.07, 6.45) is 1.39. The molecule has 2 heteroatoms. The Hall–Kier alpha value is 0.250. The third-order valence-corrected chi connectivity index (χ3v) is 0.707. The molecule has 1 fully saturated rings. The summed E-state index contributed by atoms with van der Waals surface area (Å²) in [5.41, 5.74) is 0. The summed E-state index contributed by atoms with van der Waals surface area (Å²) in [5.74, 6) is 0. The van der Waals surface area contributed by atoms with Gasteiger partial charge in [0.15, 0.2) is 0 Å². The van der Waals surface area contributed by atoms with Gasteiger partial charge in [0.25, 0.3) is 0 Å². The molecule has 0 aromatic rings. The monoisotopic (exact) mass is 93.0 g/mol. The summed E-state index contributed by atoms with van der Waals surface area (Å²) in [6.45, 7) is 2.50. The minimum atomic E-state index is 0. The Kier molecular flexibility index (Phi) is 2.61. The van der Waals surface area contributed by atoms with Crippen LogP contribution in [0, 0.1) is 0 Å². The van der Waals surface area contributed by atoms with Crippen LogP contribution in [0.1, 0.15) is 6.42 Å². The Labute approximate surface area is 38.2 Å². The topological polar surface area (TPSA) is 12.0 Å². The quantitative estimate of drug-likeness (QED) is 0.457. The molecule has 1 nitrogen and oxygen atoms in total. The van der Waals surface area contributed by atoms with E-state index in [1.807, 2.05) is 0 Å². The summed E-state index contributed by atoms with van der Waals surface area (Å²) in [4.78, 5) is 0. The second-order valence-electron chi connectivity index (χ2n) is 1.10. The van der Waals surface area contributed by atoms with Crippen LogP contribution in [0.3, 0.4) is 0 Å². The van der Waals surface area contributed by atoms with Gasteiger partial charge in [-0.3, -0.25) is 0 Å². The van der Waals surface area contributed by atoms with E-state index in [0.29, 0.717) is 0 Å². The predicted molar refractivity (Wildman–Crippen MR) is 24.7 cm³/mol. The molecule has 1 heterocycles. The van der Waals surface area contributed by atoms with Crippen molar-refractivity contribution in [1.29, 1.82) is 0 Å². The molecule has 0 radical (unpaired) electrons. The fourth-order valence-electron chi connectivity index (χ4n) is 0.177. The van der Waals surface area contributed by atoms with E-state index < -0.39 is 0 Å². The summed E-state index contributed by atoms with van der Waals surface area (Å²) >= 11 is 0. The maximum absolute atomic E-state index is 3.11. The average Bonchev–Trinajstić information content (AvgIpc) is 0.722. The highest BCUT2D eigenvalue weighted by Crippen LogP contribution is 1.80. The minimum Gasteiger partial charge on any atom is -0.317 e. The van der Waals surface area contributed by atoms with Gasteiger partial charge in [0, 0.05) is 0 Å². The van der Waals surface area contributed by atoms with E-state index >= 15 is 0 Å². The zero-order valence-corrected chi connectivity index (χ0v) is 3.85. The first-order valence-electron chi connectivity index (χ1n) is 1.71. The van der Waals surface area contributed by atoms with Gasteiger partial charge in [-0.05, 0) is 19.5 Å². The van der Waals surface area contributed by atoms with Crippen molar-refractivity contribution in [1.82, 2.24) is 5.32 Å². The second-order valence-corrected chi connectivity index (χ2v) is 1.10.